The van der Waals surface area contributed by atoms with Gasteiger partial charge in [0.25, 0.3) is 5.91 Å². The van der Waals surface area contributed by atoms with Crippen molar-refractivity contribution < 1.29 is 33.8 Å². The molecule has 0 bridgehead atoms. The fourth-order valence-electron chi connectivity index (χ4n) is 7.57. The molecule has 4 aliphatic heterocycles. The average molecular weight is 705 g/mol. The number of nitrogens with one attached hydrogen (secondary N) is 1. The first kappa shape index (κ1) is 36.3. The van der Waals surface area contributed by atoms with E-state index in [0.717, 1.165) is 36.1 Å². The van der Waals surface area contributed by atoms with Crippen LogP contribution in [0.3, 0.4) is 0 Å². The number of nitrogens with zero attached hydrogens (tertiary/aromatic N) is 5. The number of ether oxygens (including phenoxy) is 2. The number of para-hydroxylation sites is 1. The zero-order valence-corrected chi connectivity index (χ0v) is 30.1. The smallest absolute Gasteiger partial charge is 0.410 e. The van der Waals surface area contributed by atoms with Gasteiger partial charge in [0, 0.05) is 83.1 Å². The molecule has 13 heteroatoms. The predicted octanol–water partition coefficient (Wildman–Crippen LogP) is 4.54. The number of hydrogen-bond acceptors (Lipinski definition) is 8. The van der Waals surface area contributed by atoms with Crippen LogP contribution in [-0.2, 0) is 27.1 Å². The Labute approximate surface area is 300 Å². The third-order valence-electron chi connectivity index (χ3n) is 10.4. The molecule has 0 aliphatic carbocycles. The van der Waals surface area contributed by atoms with Gasteiger partial charge in [0.2, 0.25) is 0 Å². The van der Waals surface area contributed by atoms with Gasteiger partial charge in [-0.1, -0.05) is 30.3 Å². The molecule has 2 N–H and O–H groups in total. The molecule has 2 aromatic carbocycles. The number of phenolic OH excluding ortho intramolecular Hbond substituents is 1. The molecular formula is C38H52N6O7. The number of piperidine rings is 2. The Morgan fingerprint density at radius 1 is 0.784 bits per heavy atom. The van der Waals surface area contributed by atoms with Gasteiger partial charge in [-0.15, -0.1) is 0 Å². The third kappa shape index (κ3) is 9.24. The summed E-state index contributed by atoms with van der Waals surface area (Å²) in [6.07, 6.45) is 2.07. The minimum Gasteiger partial charge on any atom is -0.508 e. The van der Waals surface area contributed by atoms with Gasteiger partial charge in [-0.3, -0.25) is 9.69 Å². The first-order valence-electron chi connectivity index (χ1n) is 18.3. The number of phenols is 1. The molecule has 1 atom stereocenters. The fraction of sp³-hybridized carbons (Fsp3) is 0.579. The number of benzene rings is 2. The van der Waals surface area contributed by atoms with E-state index < -0.39 is 17.8 Å². The number of carbonyl (C=O) groups excluding carboxylic acids is 4. The molecule has 0 spiro atoms. The molecule has 2 aromatic rings. The Morgan fingerprint density at radius 3 is 2.04 bits per heavy atom. The minimum atomic E-state index is -1.02. The maximum atomic E-state index is 14.0. The van der Waals surface area contributed by atoms with Crippen LogP contribution in [0.2, 0.25) is 0 Å². The van der Waals surface area contributed by atoms with Crippen molar-refractivity contribution in [2.24, 2.45) is 0 Å². The molecule has 3 saturated heterocycles. The Kier molecular flexibility index (Phi) is 11.2. The normalized spacial score (nSPS) is 20.3. The summed E-state index contributed by atoms with van der Waals surface area (Å²) >= 11 is 0. The van der Waals surface area contributed by atoms with Gasteiger partial charge in [0.05, 0.1) is 0 Å². The molecule has 276 valence electrons. The van der Waals surface area contributed by atoms with Gasteiger partial charge in [-0.05, 0) is 82.2 Å². The second-order valence-corrected chi connectivity index (χ2v) is 15.1. The number of likely N-dealkylation sites (tertiary alicyclic amines) is 2. The Morgan fingerprint density at radius 2 is 1.39 bits per heavy atom. The predicted molar refractivity (Wildman–Crippen MR) is 192 cm³/mol. The molecular weight excluding hydrogens is 652 g/mol. The molecule has 4 aliphatic rings. The van der Waals surface area contributed by atoms with E-state index >= 15 is 0 Å². The van der Waals surface area contributed by atoms with Crippen LogP contribution in [-0.4, -0.2) is 136 Å². The van der Waals surface area contributed by atoms with Crippen molar-refractivity contribution in [1.82, 2.24) is 24.5 Å². The van der Waals surface area contributed by atoms with Crippen LogP contribution in [0, 0.1) is 0 Å². The molecule has 6 rings (SSSR count). The molecule has 51 heavy (non-hydrogen) atoms. The number of carbonyl (C=O) groups is 4. The second-order valence-electron chi connectivity index (χ2n) is 15.1. The minimum absolute atomic E-state index is 0.00127. The van der Waals surface area contributed by atoms with Crippen molar-refractivity contribution in [3.8, 4) is 5.75 Å². The van der Waals surface area contributed by atoms with Gasteiger partial charge in [-0.2, -0.15) is 0 Å². The monoisotopic (exact) mass is 704 g/mol. The van der Waals surface area contributed by atoms with E-state index in [2.05, 4.69) is 10.2 Å². The lowest BCUT2D eigenvalue weighted by atomic mass is 10.0. The summed E-state index contributed by atoms with van der Waals surface area (Å²) in [6, 6.07) is 14.7. The van der Waals surface area contributed by atoms with Crippen molar-refractivity contribution in [3.63, 3.8) is 0 Å². The number of piperazine rings is 1. The SMILES string of the molecule is CC(C)(C)OC(=O)N1CCC(N2CCN(C(=O)[C@@H](Cc3ccc(O)cc3)OC(=O)N3CCC(N4CCc5ccccc5NC4=O)CC3)CC2)CC1. The summed E-state index contributed by atoms with van der Waals surface area (Å²) in [5, 5.41) is 12.8. The number of urea groups is 1. The number of hydrogen-bond donors (Lipinski definition) is 2. The van der Waals surface area contributed by atoms with E-state index in [9.17, 15) is 24.3 Å². The molecule has 0 aromatic heterocycles. The molecule has 13 nitrogen and oxygen atoms in total. The van der Waals surface area contributed by atoms with Gasteiger partial charge >= 0.3 is 18.2 Å². The van der Waals surface area contributed by atoms with Crippen molar-refractivity contribution in [1.29, 1.82) is 0 Å². The first-order valence-corrected chi connectivity index (χ1v) is 18.3. The lowest BCUT2D eigenvalue weighted by Crippen LogP contribution is -2.57. The van der Waals surface area contributed by atoms with Crippen molar-refractivity contribution in [2.45, 2.75) is 83.1 Å². The first-order chi connectivity index (χ1) is 24.4. The van der Waals surface area contributed by atoms with Crippen molar-refractivity contribution >= 4 is 29.8 Å². The van der Waals surface area contributed by atoms with Crippen LogP contribution in [0.5, 0.6) is 5.75 Å². The summed E-state index contributed by atoms with van der Waals surface area (Å²) in [5.41, 5.74) is 2.21. The zero-order valence-electron chi connectivity index (χ0n) is 30.1. The lowest BCUT2D eigenvalue weighted by Gasteiger charge is -2.43. The van der Waals surface area contributed by atoms with Gasteiger partial charge in [0.1, 0.15) is 11.4 Å². The van der Waals surface area contributed by atoms with E-state index in [4.69, 9.17) is 9.47 Å². The summed E-state index contributed by atoms with van der Waals surface area (Å²) in [4.78, 5) is 62.6. The number of amides is 5. The molecule has 5 amide bonds. The van der Waals surface area contributed by atoms with Crippen LogP contribution in [0.15, 0.2) is 48.5 Å². The van der Waals surface area contributed by atoms with Crippen LogP contribution in [0.4, 0.5) is 20.1 Å². The highest BCUT2D eigenvalue weighted by molar-refractivity contribution is 5.91. The summed E-state index contributed by atoms with van der Waals surface area (Å²) < 4.78 is 11.5. The largest absolute Gasteiger partial charge is 0.508 e. The van der Waals surface area contributed by atoms with Crippen LogP contribution in [0.25, 0.3) is 0 Å². The topological polar surface area (TPSA) is 135 Å². The molecule has 0 saturated carbocycles. The second kappa shape index (κ2) is 15.8. The highest BCUT2D eigenvalue weighted by Crippen LogP contribution is 2.26. The zero-order chi connectivity index (χ0) is 36.1. The average Bonchev–Trinajstić information content (AvgIpc) is 3.29. The Hall–Kier alpha value is -4.52. The van der Waals surface area contributed by atoms with Crippen LogP contribution in [0.1, 0.15) is 57.6 Å². The van der Waals surface area contributed by atoms with E-state index in [1.807, 2.05) is 49.9 Å². The van der Waals surface area contributed by atoms with E-state index in [-0.39, 0.29) is 36.2 Å². The maximum Gasteiger partial charge on any atom is 0.410 e. The quantitative estimate of drug-likeness (QED) is 0.448. The van der Waals surface area contributed by atoms with Crippen LogP contribution >= 0.6 is 0 Å². The van der Waals surface area contributed by atoms with Gasteiger partial charge < -0.3 is 39.5 Å². The van der Waals surface area contributed by atoms with E-state index in [1.165, 1.54) is 0 Å². The fourth-order valence-corrected chi connectivity index (χ4v) is 7.57. The Bertz CT molecular complexity index is 1540. The molecule has 0 radical (unpaired) electrons. The van der Waals surface area contributed by atoms with E-state index in [0.29, 0.717) is 77.8 Å². The third-order valence-corrected chi connectivity index (χ3v) is 10.4. The Balaban J connectivity index is 1.02. The molecule has 3 fully saturated rings. The van der Waals surface area contributed by atoms with Gasteiger partial charge in [-0.25, -0.2) is 14.4 Å². The number of fused-ring (bicyclic) bond motifs is 1. The highest BCUT2D eigenvalue weighted by Gasteiger charge is 2.37. The summed E-state index contributed by atoms with van der Waals surface area (Å²) in [7, 11) is 0. The van der Waals surface area contributed by atoms with Crippen molar-refractivity contribution in [3.05, 3.63) is 59.7 Å². The number of rotatable bonds is 6. The van der Waals surface area contributed by atoms with E-state index in [1.54, 1.807) is 39.0 Å². The standard InChI is InChI=1S/C38H52N6O7/c1-38(2,3)51-37(49)43-17-13-29(14-18-43)40-22-24-41(25-23-40)34(46)33(26-27-8-10-31(45)11-9-27)50-36(48)42-19-15-30(16-20-42)44-21-12-28-6-4-5-7-32(28)39-35(44)47/h4-11,29-30,33,45H,12-26H2,1-3H3,(H,39,47)/t33-/m1/s1. The van der Waals surface area contributed by atoms with Gasteiger partial charge in [0.15, 0.2) is 6.10 Å². The maximum absolute atomic E-state index is 14.0. The molecule has 4 heterocycles. The lowest BCUT2D eigenvalue weighted by molar-refractivity contribution is -0.143. The highest BCUT2D eigenvalue weighted by atomic mass is 16.6. The van der Waals surface area contributed by atoms with Crippen LogP contribution < -0.4 is 5.32 Å². The van der Waals surface area contributed by atoms with Crippen molar-refractivity contribution in [2.75, 3.05) is 64.2 Å². The summed E-state index contributed by atoms with van der Waals surface area (Å²) in [6.45, 7) is 10.8. The summed E-state index contributed by atoms with van der Waals surface area (Å²) in [5.74, 6) is -0.108. The number of aromatic hydroxyl groups is 1. The molecule has 0 unspecified atom stereocenters. The number of anilines is 1.